The summed E-state index contributed by atoms with van der Waals surface area (Å²) in [6.07, 6.45) is 0.500. The number of aryl methyl sites for hydroxylation is 1. The van der Waals surface area contributed by atoms with E-state index in [2.05, 4.69) is 34.5 Å². The van der Waals surface area contributed by atoms with Gasteiger partial charge in [-0.05, 0) is 12.0 Å². The van der Waals surface area contributed by atoms with Crippen LogP contribution in [0.25, 0.3) is 0 Å². The molecule has 1 amide bonds. The minimum Gasteiger partial charge on any atom is -0.465 e. The molecule has 5 rings (SSSR count). The molecule has 4 heterocycles. The molecular weight excluding hydrogens is 390 g/mol. The largest absolute Gasteiger partial charge is 0.465 e. The molecule has 2 N–H and O–H groups in total. The molecule has 0 saturated carbocycles. The summed E-state index contributed by atoms with van der Waals surface area (Å²) < 4.78 is 12.5. The molecule has 1 aromatic carbocycles. The van der Waals surface area contributed by atoms with Crippen LogP contribution in [0.1, 0.15) is 23.6 Å². The first-order chi connectivity index (χ1) is 14.1. The number of nitrogens with zero attached hydrogens (tertiary/aromatic N) is 4. The van der Waals surface area contributed by atoms with Crippen LogP contribution < -0.4 is 10.2 Å². The number of benzene rings is 1. The predicted octanol–water partition coefficient (Wildman–Crippen LogP) is 1.91. The van der Waals surface area contributed by atoms with E-state index in [0.29, 0.717) is 54.3 Å². The van der Waals surface area contributed by atoms with E-state index in [1.54, 1.807) is 0 Å². The number of anilines is 2. The van der Waals surface area contributed by atoms with E-state index in [1.165, 1.54) is 10.5 Å². The number of nitrogens with one attached hydrogen (secondary N) is 1. The first-order valence-corrected chi connectivity index (χ1v) is 11.2. The lowest BCUT2D eigenvalue weighted by atomic mass is 9.92. The van der Waals surface area contributed by atoms with Crippen molar-refractivity contribution < 1.29 is 14.1 Å². The van der Waals surface area contributed by atoms with E-state index in [1.807, 2.05) is 6.07 Å². The van der Waals surface area contributed by atoms with Crippen molar-refractivity contribution in [3.8, 4) is 0 Å². The molecule has 2 saturated heterocycles. The molecule has 1 aromatic heterocycles. The smallest absolute Gasteiger partial charge is 0.407 e. The van der Waals surface area contributed by atoms with Gasteiger partial charge in [0.05, 0.1) is 16.5 Å². The van der Waals surface area contributed by atoms with E-state index in [9.17, 15) is 14.1 Å². The first kappa shape index (κ1) is 18.4. The fourth-order valence-electron chi connectivity index (χ4n) is 4.25. The Balaban J connectivity index is 1.36. The standard InChI is InChI=1S/C20H23N5O3S/c26-20(27)24-8-6-15(12-24)21-18-17-16(7-9-29(17)28)22-19(23-18)25-10-14(11-25)13-4-2-1-3-5-13/h1-5,14-15H,6-12H2,(H,26,27)(H,21,22,23)/t15-,29?/m1/s1. The van der Waals surface area contributed by atoms with Crippen LogP contribution in [-0.4, -0.2) is 68.3 Å². The maximum absolute atomic E-state index is 12.5. The Kier molecular flexibility index (Phi) is 4.61. The van der Waals surface area contributed by atoms with Crippen LogP contribution in [0.15, 0.2) is 35.2 Å². The molecule has 8 nitrogen and oxygen atoms in total. The normalized spacial score (nSPS) is 23.7. The van der Waals surface area contributed by atoms with Gasteiger partial charge in [-0.1, -0.05) is 30.3 Å². The van der Waals surface area contributed by atoms with E-state index < -0.39 is 16.9 Å². The maximum atomic E-state index is 12.5. The molecule has 1 unspecified atom stereocenters. The Morgan fingerprint density at radius 3 is 2.69 bits per heavy atom. The van der Waals surface area contributed by atoms with Gasteiger partial charge in [-0.15, -0.1) is 0 Å². The fraction of sp³-hybridized carbons (Fsp3) is 0.450. The molecule has 0 bridgehead atoms. The molecule has 29 heavy (non-hydrogen) atoms. The number of carboxylic acid groups (broad SMARTS) is 1. The summed E-state index contributed by atoms with van der Waals surface area (Å²) in [5, 5.41) is 12.6. The van der Waals surface area contributed by atoms with E-state index >= 15 is 0 Å². The number of rotatable bonds is 4. The Bertz CT molecular complexity index is 964. The van der Waals surface area contributed by atoms with Crippen LogP contribution in [0.2, 0.25) is 0 Å². The predicted molar refractivity (Wildman–Crippen MR) is 110 cm³/mol. The zero-order valence-electron chi connectivity index (χ0n) is 16.0. The lowest BCUT2D eigenvalue weighted by molar-refractivity contribution is 0.155. The van der Waals surface area contributed by atoms with Crippen LogP contribution in [0.5, 0.6) is 0 Å². The van der Waals surface area contributed by atoms with E-state index in [-0.39, 0.29) is 6.04 Å². The monoisotopic (exact) mass is 413 g/mol. The highest BCUT2D eigenvalue weighted by Gasteiger charge is 2.34. The SMILES string of the molecule is O=C(O)N1CC[C@@H](Nc2nc(N3CC(c4ccccc4)C3)nc3c2S(=O)CC3)C1. The Hall–Kier alpha value is -2.68. The van der Waals surface area contributed by atoms with Gasteiger partial charge in [0, 0.05) is 50.3 Å². The van der Waals surface area contributed by atoms with Gasteiger partial charge in [-0.3, -0.25) is 4.21 Å². The summed E-state index contributed by atoms with van der Waals surface area (Å²) in [5.74, 6) is 2.32. The van der Waals surface area contributed by atoms with Gasteiger partial charge in [-0.25, -0.2) is 9.78 Å². The third kappa shape index (κ3) is 3.43. The van der Waals surface area contributed by atoms with E-state index in [0.717, 1.165) is 18.8 Å². The van der Waals surface area contributed by atoms with Gasteiger partial charge >= 0.3 is 6.09 Å². The molecule has 152 valence electrons. The second-order valence-corrected chi connectivity index (χ2v) is 9.33. The number of hydrogen-bond donors (Lipinski definition) is 2. The summed E-state index contributed by atoms with van der Waals surface area (Å²) in [7, 11) is -1.10. The number of fused-ring (bicyclic) bond motifs is 1. The highest BCUT2D eigenvalue weighted by Crippen LogP contribution is 2.35. The van der Waals surface area contributed by atoms with Gasteiger partial charge in [0.15, 0.2) is 0 Å². The molecule has 3 aliphatic heterocycles. The first-order valence-electron chi connectivity index (χ1n) is 9.92. The summed E-state index contributed by atoms with van der Waals surface area (Å²) in [6, 6.07) is 10.4. The second-order valence-electron chi connectivity index (χ2n) is 7.82. The summed E-state index contributed by atoms with van der Waals surface area (Å²) in [6.45, 7) is 2.64. The van der Waals surface area contributed by atoms with Gasteiger partial charge in [0.2, 0.25) is 5.95 Å². The second kappa shape index (κ2) is 7.29. The average molecular weight is 414 g/mol. The van der Waals surface area contributed by atoms with Crippen molar-refractivity contribution in [2.75, 3.05) is 42.1 Å². The molecule has 0 aliphatic carbocycles. The molecule has 2 fully saturated rings. The van der Waals surface area contributed by atoms with Crippen molar-refractivity contribution in [3.05, 3.63) is 41.6 Å². The third-order valence-electron chi connectivity index (χ3n) is 5.91. The molecule has 0 radical (unpaired) electrons. The van der Waals surface area contributed by atoms with Gasteiger partial charge < -0.3 is 20.2 Å². The molecule has 3 aliphatic rings. The molecule has 2 atom stereocenters. The zero-order valence-corrected chi connectivity index (χ0v) is 16.8. The van der Waals surface area contributed by atoms with Gasteiger partial charge in [-0.2, -0.15) is 4.98 Å². The lowest BCUT2D eigenvalue weighted by Gasteiger charge is -2.40. The van der Waals surface area contributed by atoms with Crippen LogP contribution in [0, 0.1) is 0 Å². The van der Waals surface area contributed by atoms with Crippen LogP contribution >= 0.6 is 0 Å². The fourth-order valence-corrected chi connectivity index (χ4v) is 5.56. The summed E-state index contributed by atoms with van der Waals surface area (Å²) >= 11 is 0. The lowest BCUT2D eigenvalue weighted by Crippen LogP contribution is -2.46. The Labute approximate surface area is 171 Å². The van der Waals surface area contributed by atoms with Crippen molar-refractivity contribution in [1.29, 1.82) is 0 Å². The van der Waals surface area contributed by atoms with Crippen LogP contribution in [0.4, 0.5) is 16.6 Å². The Morgan fingerprint density at radius 1 is 1.17 bits per heavy atom. The van der Waals surface area contributed by atoms with Gasteiger partial charge in [0.1, 0.15) is 10.7 Å². The molecule has 2 aromatic rings. The van der Waals surface area contributed by atoms with Crippen LogP contribution in [-0.2, 0) is 17.2 Å². The highest BCUT2D eigenvalue weighted by atomic mass is 32.2. The summed E-state index contributed by atoms with van der Waals surface area (Å²) in [4.78, 5) is 24.9. The number of amides is 1. The highest BCUT2D eigenvalue weighted by molar-refractivity contribution is 7.85. The minimum absolute atomic E-state index is 0.0241. The maximum Gasteiger partial charge on any atom is 0.407 e. The van der Waals surface area contributed by atoms with Crippen molar-refractivity contribution in [2.45, 2.75) is 29.7 Å². The molecule has 0 spiro atoms. The van der Waals surface area contributed by atoms with Crippen LogP contribution in [0.3, 0.4) is 0 Å². The zero-order chi connectivity index (χ0) is 20.0. The van der Waals surface area contributed by atoms with Crippen molar-refractivity contribution in [3.63, 3.8) is 0 Å². The third-order valence-corrected chi connectivity index (χ3v) is 7.37. The molecular formula is C20H23N5O3S. The average Bonchev–Trinajstić information content (AvgIpc) is 3.29. The molecule has 9 heteroatoms. The van der Waals surface area contributed by atoms with E-state index in [4.69, 9.17) is 9.97 Å². The Morgan fingerprint density at radius 2 is 1.97 bits per heavy atom. The number of hydrogen-bond acceptors (Lipinski definition) is 6. The number of likely N-dealkylation sites (tertiary alicyclic amines) is 1. The summed E-state index contributed by atoms with van der Waals surface area (Å²) in [5.41, 5.74) is 2.18. The quantitative estimate of drug-likeness (QED) is 0.790. The minimum atomic E-state index is -1.10. The number of aromatic nitrogens is 2. The van der Waals surface area contributed by atoms with Crippen molar-refractivity contribution in [1.82, 2.24) is 14.9 Å². The van der Waals surface area contributed by atoms with Gasteiger partial charge in [0.25, 0.3) is 0 Å². The topological polar surface area (TPSA) is 98.7 Å². The number of carbonyl (C=O) groups is 1. The van der Waals surface area contributed by atoms with Crippen molar-refractivity contribution >= 4 is 28.7 Å². The van der Waals surface area contributed by atoms with Crippen molar-refractivity contribution in [2.24, 2.45) is 0 Å².